The molecule has 0 saturated heterocycles. The highest BCUT2D eigenvalue weighted by atomic mass is 16.5. The highest BCUT2D eigenvalue weighted by molar-refractivity contribution is 5.67. The number of amides is 1. The van der Waals surface area contributed by atoms with Crippen LogP contribution in [-0.2, 0) is 11.3 Å². The van der Waals surface area contributed by atoms with Crippen molar-refractivity contribution in [1.29, 1.82) is 0 Å². The zero-order valence-electron chi connectivity index (χ0n) is 19.4. The van der Waals surface area contributed by atoms with Crippen LogP contribution in [0.25, 0.3) is 6.08 Å². The first kappa shape index (κ1) is 23.7. The van der Waals surface area contributed by atoms with Crippen LogP contribution < -0.4 is 5.32 Å². The lowest BCUT2D eigenvalue weighted by atomic mass is 9.84. The van der Waals surface area contributed by atoms with Gasteiger partial charge in [-0.25, -0.2) is 4.79 Å². The fourth-order valence-corrected chi connectivity index (χ4v) is 3.44. The molecule has 0 aliphatic heterocycles. The summed E-state index contributed by atoms with van der Waals surface area (Å²) < 4.78 is 5.26. The number of ether oxygens (including phenoxy) is 1. The van der Waals surface area contributed by atoms with Crippen molar-refractivity contribution in [2.24, 2.45) is 0 Å². The molecule has 0 spiro atoms. The van der Waals surface area contributed by atoms with Gasteiger partial charge in [0.1, 0.15) is 6.61 Å². The van der Waals surface area contributed by atoms with E-state index in [1.54, 1.807) is 0 Å². The van der Waals surface area contributed by atoms with Crippen molar-refractivity contribution in [3.63, 3.8) is 0 Å². The molecule has 30 heavy (non-hydrogen) atoms. The van der Waals surface area contributed by atoms with E-state index in [1.807, 2.05) is 30.3 Å². The van der Waals surface area contributed by atoms with Crippen molar-refractivity contribution < 1.29 is 9.53 Å². The third-order valence-corrected chi connectivity index (χ3v) is 5.25. The van der Waals surface area contributed by atoms with E-state index in [0.29, 0.717) is 30.9 Å². The second kappa shape index (κ2) is 11.6. The van der Waals surface area contributed by atoms with Gasteiger partial charge in [-0.15, -0.1) is 0 Å². The Morgan fingerprint density at radius 1 is 0.933 bits per heavy atom. The van der Waals surface area contributed by atoms with Crippen molar-refractivity contribution in [2.45, 2.75) is 72.3 Å². The molecule has 1 amide bonds. The number of hydrogen-bond acceptors (Lipinski definition) is 2. The van der Waals surface area contributed by atoms with Gasteiger partial charge in [-0.05, 0) is 52.0 Å². The maximum absolute atomic E-state index is 11.9. The number of carbonyl (C=O) groups excluding carboxylic acids is 1. The number of carbonyl (C=O) groups is 1. The zero-order valence-corrected chi connectivity index (χ0v) is 19.4. The number of benzene rings is 2. The fraction of sp³-hybridized carbons (Fsp3) is 0.444. The van der Waals surface area contributed by atoms with E-state index in [2.05, 4.69) is 71.1 Å². The molecule has 0 heterocycles. The molecule has 3 nitrogen and oxygen atoms in total. The molecule has 2 aromatic carbocycles. The summed E-state index contributed by atoms with van der Waals surface area (Å²) in [6.45, 7) is 14.4. The second-order valence-corrected chi connectivity index (χ2v) is 8.76. The molecule has 0 bridgehead atoms. The van der Waals surface area contributed by atoms with Crippen LogP contribution in [0, 0.1) is 0 Å². The van der Waals surface area contributed by atoms with Gasteiger partial charge in [0.25, 0.3) is 0 Å². The Bertz CT molecular complexity index is 806. The molecule has 0 fully saturated rings. The van der Waals surface area contributed by atoms with Gasteiger partial charge >= 0.3 is 6.09 Å². The Labute approximate surface area is 182 Å². The standard InChI is InChI=1S/C27H37NO2/c1-19(2)23-16-25(20(3)4)24(26(17-23)21(5)6)14-10-11-15-28-27(29)30-18-22-12-8-7-9-13-22/h7-10,12-14,16-17,19-21H,11,15,18H2,1-6H3,(H,28,29). The van der Waals surface area contributed by atoms with Crippen LogP contribution in [0.15, 0.2) is 48.5 Å². The molecule has 0 atom stereocenters. The normalized spacial score (nSPS) is 11.6. The summed E-state index contributed by atoms with van der Waals surface area (Å²) >= 11 is 0. The average Bonchev–Trinajstić information content (AvgIpc) is 2.72. The quantitative estimate of drug-likeness (QED) is 0.440. The molecule has 0 saturated carbocycles. The lowest BCUT2D eigenvalue weighted by Crippen LogP contribution is -2.24. The van der Waals surface area contributed by atoms with E-state index in [9.17, 15) is 4.79 Å². The molecule has 0 aliphatic carbocycles. The van der Waals surface area contributed by atoms with Crippen molar-refractivity contribution in [2.75, 3.05) is 6.54 Å². The van der Waals surface area contributed by atoms with Crippen molar-refractivity contribution >= 4 is 12.2 Å². The smallest absolute Gasteiger partial charge is 0.407 e. The summed E-state index contributed by atoms with van der Waals surface area (Å²) in [4.78, 5) is 11.9. The molecule has 3 heteroatoms. The number of alkyl carbamates (subject to hydrolysis) is 1. The van der Waals surface area contributed by atoms with E-state index in [4.69, 9.17) is 4.74 Å². The predicted octanol–water partition coefficient (Wildman–Crippen LogP) is 7.39. The molecule has 2 aromatic rings. The first-order valence-corrected chi connectivity index (χ1v) is 11.1. The Morgan fingerprint density at radius 3 is 2.07 bits per heavy atom. The van der Waals surface area contributed by atoms with E-state index >= 15 is 0 Å². The summed E-state index contributed by atoms with van der Waals surface area (Å²) in [5, 5.41) is 2.83. The van der Waals surface area contributed by atoms with E-state index in [-0.39, 0.29) is 6.09 Å². The summed E-state index contributed by atoms with van der Waals surface area (Å²) in [6.07, 6.45) is 4.77. The molecule has 162 valence electrons. The highest BCUT2D eigenvalue weighted by Crippen LogP contribution is 2.33. The third-order valence-electron chi connectivity index (χ3n) is 5.25. The fourth-order valence-electron chi connectivity index (χ4n) is 3.44. The Balaban J connectivity index is 1.97. The second-order valence-electron chi connectivity index (χ2n) is 8.76. The zero-order chi connectivity index (χ0) is 22.1. The van der Waals surface area contributed by atoms with Crippen molar-refractivity contribution in [3.8, 4) is 0 Å². The molecule has 1 N–H and O–H groups in total. The van der Waals surface area contributed by atoms with Gasteiger partial charge in [-0.3, -0.25) is 0 Å². The van der Waals surface area contributed by atoms with Crippen LogP contribution >= 0.6 is 0 Å². The predicted molar refractivity (Wildman–Crippen MR) is 127 cm³/mol. The van der Waals surface area contributed by atoms with Gasteiger partial charge in [-0.2, -0.15) is 0 Å². The maximum atomic E-state index is 11.9. The van der Waals surface area contributed by atoms with Gasteiger partial charge < -0.3 is 10.1 Å². The van der Waals surface area contributed by atoms with Gasteiger partial charge in [0.05, 0.1) is 0 Å². The van der Waals surface area contributed by atoms with Crippen LogP contribution in [0.4, 0.5) is 4.79 Å². The van der Waals surface area contributed by atoms with Gasteiger partial charge in [0, 0.05) is 6.54 Å². The van der Waals surface area contributed by atoms with Crippen molar-refractivity contribution in [3.05, 3.63) is 76.4 Å². The van der Waals surface area contributed by atoms with Gasteiger partial charge in [-0.1, -0.05) is 96.2 Å². The largest absolute Gasteiger partial charge is 0.445 e. The van der Waals surface area contributed by atoms with Gasteiger partial charge in [0.2, 0.25) is 0 Å². The van der Waals surface area contributed by atoms with E-state index < -0.39 is 0 Å². The SMILES string of the molecule is CC(C)c1cc(C(C)C)c(C=CCCNC(=O)OCc2ccccc2)c(C(C)C)c1. The first-order valence-electron chi connectivity index (χ1n) is 11.1. The number of rotatable bonds is 9. The number of hydrogen-bond donors (Lipinski definition) is 1. The third kappa shape index (κ3) is 7.05. The number of nitrogens with one attached hydrogen (secondary N) is 1. The van der Waals surface area contributed by atoms with Crippen LogP contribution in [0.1, 0.15) is 93.5 Å². The minimum Gasteiger partial charge on any atom is -0.445 e. The Kier molecular flexibility index (Phi) is 9.16. The molecule has 2 rings (SSSR count). The minimum absolute atomic E-state index is 0.292. The lowest BCUT2D eigenvalue weighted by Gasteiger charge is -2.21. The monoisotopic (exact) mass is 407 g/mol. The minimum atomic E-state index is -0.376. The molecule has 0 aromatic heterocycles. The molecule has 0 aliphatic rings. The van der Waals surface area contributed by atoms with Crippen molar-refractivity contribution in [1.82, 2.24) is 5.32 Å². The van der Waals surface area contributed by atoms with E-state index in [1.165, 1.54) is 22.3 Å². The molecular formula is C27H37NO2. The maximum Gasteiger partial charge on any atom is 0.407 e. The van der Waals surface area contributed by atoms with E-state index in [0.717, 1.165) is 12.0 Å². The Morgan fingerprint density at radius 2 is 1.53 bits per heavy atom. The summed E-state index contributed by atoms with van der Waals surface area (Å²) in [5.74, 6) is 1.45. The van der Waals surface area contributed by atoms with Crippen LogP contribution in [0.5, 0.6) is 0 Å². The Hall–Kier alpha value is -2.55. The lowest BCUT2D eigenvalue weighted by molar-refractivity contribution is 0.140. The topological polar surface area (TPSA) is 38.3 Å². The molecule has 0 unspecified atom stereocenters. The average molecular weight is 408 g/mol. The van der Waals surface area contributed by atoms with Crippen LogP contribution in [-0.4, -0.2) is 12.6 Å². The summed E-state index contributed by atoms with van der Waals surface area (Å²) in [5.41, 5.74) is 6.52. The van der Waals surface area contributed by atoms with Crippen LogP contribution in [0.2, 0.25) is 0 Å². The molecular weight excluding hydrogens is 370 g/mol. The van der Waals surface area contributed by atoms with Crippen LogP contribution in [0.3, 0.4) is 0 Å². The first-order chi connectivity index (χ1) is 14.3. The highest BCUT2D eigenvalue weighted by Gasteiger charge is 2.15. The van der Waals surface area contributed by atoms with Gasteiger partial charge in [0.15, 0.2) is 0 Å². The summed E-state index contributed by atoms with van der Waals surface area (Å²) in [6, 6.07) is 14.4. The molecule has 0 radical (unpaired) electrons. The summed E-state index contributed by atoms with van der Waals surface area (Å²) in [7, 11) is 0.